The van der Waals surface area contributed by atoms with E-state index in [2.05, 4.69) is 10.1 Å². The third-order valence-electron chi connectivity index (χ3n) is 4.68. The number of benzene rings is 2. The number of aryl methyl sites for hydroxylation is 1. The van der Waals surface area contributed by atoms with Crippen molar-refractivity contribution in [2.45, 2.75) is 19.4 Å². The fourth-order valence-corrected chi connectivity index (χ4v) is 3.03. The van der Waals surface area contributed by atoms with Crippen molar-refractivity contribution in [1.29, 1.82) is 0 Å². The van der Waals surface area contributed by atoms with Crippen molar-refractivity contribution < 1.29 is 28.6 Å². The number of hydrogen-bond donors (Lipinski definition) is 1. The van der Waals surface area contributed by atoms with Crippen LogP contribution in [0.25, 0.3) is 0 Å². The average Bonchev–Trinajstić information content (AvgIpc) is 2.76. The highest BCUT2D eigenvalue weighted by atomic mass is 16.5. The highest BCUT2D eigenvalue weighted by Crippen LogP contribution is 2.24. The second-order valence-corrected chi connectivity index (χ2v) is 6.85. The first-order valence-electron chi connectivity index (χ1n) is 9.57. The van der Waals surface area contributed by atoms with Gasteiger partial charge in [-0.25, -0.2) is 0 Å². The molecule has 8 heteroatoms. The maximum Gasteiger partial charge on any atom is 0.308 e. The second kappa shape index (κ2) is 9.78. The number of carbonyl (C=O) groups excluding carboxylic acids is 3. The third-order valence-corrected chi connectivity index (χ3v) is 4.68. The Morgan fingerprint density at radius 2 is 1.63 bits per heavy atom. The number of amides is 2. The second-order valence-electron chi connectivity index (χ2n) is 6.85. The summed E-state index contributed by atoms with van der Waals surface area (Å²) in [5.74, 6) is 0.551. The van der Waals surface area contributed by atoms with Crippen LogP contribution in [0.5, 0.6) is 17.2 Å². The van der Waals surface area contributed by atoms with E-state index >= 15 is 0 Å². The van der Waals surface area contributed by atoms with Crippen LogP contribution in [-0.2, 0) is 19.1 Å². The van der Waals surface area contributed by atoms with Crippen LogP contribution >= 0.6 is 0 Å². The molecule has 8 nitrogen and oxygen atoms in total. The maximum atomic E-state index is 12.6. The number of piperazine rings is 1. The summed E-state index contributed by atoms with van der Waals surface area (Å²) in [6, 6.07) is 13.7. The molecule has 1 atom stereocenters. The molecular weight excluding hydrogens is 388 g/mol. The molecule has 0 saturated carbocycles. The summed E-state index contributed by atoms with van der Waals surface area (Å²) in [7, 11) is 1.24. The Kier molecular flexibility index (Phi) is 6.90. The van der Waals surface area contributed by atoms with E-state index in [0.717, 1.165) is 11.3 Å². The first-order chi connectivity index (χ1) is 14.5. The van der Waals surface area contributed by atoms with Crippen LogP contribution in [0.2, 0.25) is 0 Å². The van der Waals surface area contributed by atoms with E-state index in [-0.39, 0.29) is 24.8 Å². The Hall–Kier alpha value is -3.55. The van der Waals surface area contributed by atoms with Crippen LogP contribution in [0.4, 0.5) is 0 Å². The Morgan fingerprint density at radius 3 is 2.27 bits per heavy atom. The van der Waals surface area contributed by atoms with E-state index in [9.17, 15) is 14.4 Å². The molecule has 2 aromatic carbocycles. The van der Waals surface area contributed by atoms with Crippen LogP contribution < -0.4 is 14.8 Å². The summed E-state index contributed by atoms with van der Waals surface area (Å²) in [5, 5.41) is 2.65. The third kappa shape index (κ3) is 5.50. The normalized spacial score (nSPS) is 15.9. The predicted octanol–water partition coefficient (Wildman–Crippen LogP) is 2.06. The van der Waals surface area contributed by atoms with Crippen molar-refractivity contribution in [2.24, 2.45) is 0 Å². The molecule has 1 N–H and O–H groups in total. The highest BCUT2D eigenvalue weighted by Gasteiger charge is 2.35. The summed E-state index contributed by atoms with van der Waals surface area (Å²) in [5.41, 5.74) is 1.15. The molecule has 0 aliphatic carbocycles. The van der Waals surface area contributed by atoms with E-state index in [0.29, 0.717) is 24.6 Å². The minimum absolute atomic E-state index is 0.195. The zero-order valence-electron chi connectivity index (χ0n) is 16.9. The SMILES string of the molecule is COC(=O)C[C@H]1C(=O)NCCN1C(=O)COc1ccc(Oc2ccc(C)cc2)cc1. The molecule has 1 aliphatic heterocycles. The zero-order chi connectivity index (χ0) is 21.5. The number of nitrogens with zero attached hydrogens (tertiary/aromatic N) is 1. The number of nitrogens with one attached hydrogen (secondary N) is 1. The Labute approximate surface area is 174 Å². The van der Waals surface area contributed by atoms with Crippen molar-refractivity contribution in [2.75, 3.05) is 26.8 Å². The Morgan fingerprint density at radius 1 is 1.03 bits per heavy atom. The van der Waals surface area contributed by atoms with Gasteiger partial charge in [-0.15, -0.1) is 0 Å². The van der Waals surface area contributed by atoms with Crippen molar-refractivity contribution in [1.82, 2.24) is 10.2 Å². The fourth-order valence-electron chi connectivity index (χ4n) is 3.03. The van der Waals surface area contributed by atoms with Gasteiger partial charge in [-0.3, -0.25) is 14.4 Å². The molecule has 158 valence electrons. The van der Waals surface area contributed by atoms with Gasteiger partial charge < -0.3 is 24.4 Å². The molecule has 2 amide bonds. The van der Waals surface area contributed by atoms with E-state index in [4.69, 9.17) is 9.47 Å². The quantitative estimate of drug-likeness (QED) is 0.700. The van der Waals surface area contributed by atoms with Gasteiger partial charge in [-0.1, -0.05) is 17.7 Å². The summed E-state index contributed by atoms with van der Waals surface area (Å²) >= 11 is 0. The number of esters is 1. The highest BCUT2D eigenvalue weighted by molar-refractivity contribution is 5.92. The van der Waals surface area contributed by atoms with Gasteiger partial charge in [0.05, 0.1) is 13.5 Å². The lowest BCUT2D eigenvalue weighted by molar-refractivity contribution is -0.151. The fraction of sp³-hybridized carbons (Fsp3) is 0.318. The van der Waals surface area contributed by atoms with Crippen LogP contribution in [0.15, 0.2) is 48.5 Å². The van der Waals surface area contributed by atoms with Gasteiger partial charge in [0.15, 0.2) is 6.61 Å². The van der Waals surface area contributed by atoms with Gasteiger partial charge in [-0.2, -0.15) is 0 Å². The molecule has 0 spiro atoms. The zero-order valence-corrected chi connectivity index (χ0v) is 16.9. The monoisotopic (exact) mass is 412 g/mol. The number of methoxy groups -OCH3 is 1. The lowest BCUT2D eigenvalue weighted by Crippen LogP contribution is -2.58. The topological polar surface area (TPSA) is 94.2 Å². The number of carbonyl (C=O) groups is 3. The molecule has 0 aromatic heterocycles. The average molecular weight is 412 g/mol. The van der Waals surface area contributed by atoms with E-state index in [1.54, 1.807) is 24.3 Å². The first kappa shape index (κ1) is 21.2. The van der Waals surface area contributed by atoms with Gasteiger partial charge in [0.2, 0.25) is 5.91 Å². The molecule has 3 rings (SSSR count). The van der Waals surface area contributed by atoms with E-state index in [1.807, 2.05) is 31.2 Å². The molecule has 0 unspecified atom stereocenters. The first-order valence-corrected chi connectivity index (χ1v) is 9.57. The van der Waals surface area contributed by atoms with Crippen LogP contribution in [0.1, 0.15) is 12.0 Å². The molecule has 1 heterocycles. The molecule has 30 heavy (non-hydrogen) atoms. The van der Waals surface area contributed by atoms with Crippen molar-refractivity contribution in [3.63, 3.8) is 0 Å². The lowest BCUT2D eigenvalue weighted by atomic mass is 10.1. The van der Waals surface area contributed by atoms with Crippen molar-refractivity contribution >= 4 is 17.8 Å². The Bertz CT molecular complexity index is 895. The molecule has 0 bridgehead atoms. The van der Waals surface area contributed by atoms with Gasteiger partial charge in [0.1, 0.15) is 23.3 Å². The van der Waals surface area contributed by atoms with Crippen molar-refractivity contribution in [3.05, 3.63) is 54.1 Å². The number of rotatable bonds is 7. The summed E-state index contributed by atoms with van der Waals surface area (Å²) in [6.45, 7) is 2.39. The predicted molar refractivity (Wildman–Crippen MR) is 108 cm³/mol. The van der Waals surface area contributed by atoms with Crippen LogP contribution in [-0.4, -0.2) is 55.5 Å². The molecule has 1 saturated heterocycles. The molecule has 2 aromatic rings. The van der Waals surface area contributed by atoms with Gasteiger partial charge in [0, 0.05) is 13.1 Å². The minimum Gasteiger partial charge on any atom is -0.484 e. The molecule has 1 fully saturated rings. The van der Waals surface area contributed by atoms with Gasteiger partial charge >= 0.3 is 5.97 Å². The van der Waals surface area contributed by atoms with Crippen molar-refractivity contribution in [3.8, 4) is 17.2 Å². The number of ether oxygens (including phenoxy) is 3. The minimum atomic E-state index is -0.896. The van der Waals surface area contributed by atoms with Crippen LogP contribution in [0, 0.1) is 6.92 Å². The smallest absolute Gasteiger partial charge is 0.308 e. The summed E-state index contributed by atoms with van der Waals surface area (Å²) in [6.07, 6.45) is -0.195. The van der Waals surface area contributed by atoms with E-state index in [1.165, 1.54) is 12.0 Å². The Balaban J connectivity index is 1.56. The number of hydrogen-bond acceptors (Lipinski definition) is 6. The summed E-state index contributed by atoms with van der Waals surface area (Å²) < 4.78 is 15.9. The maximum absolute atomic E-state index is 12.6. The summed E-state index contributed by atoms with van der Waals surface area (Å²) in [4.78, 5) is 37.6. The largest absolute Gasteiger partial charge is 0.484 e. The standard InChI is InChI=1S/C22H24N2O6/c1-15-3-5-17(6-4-15)30-18-9-7-16(8-10-18)29-14-20(25)24-12-11-23-22(27)19(24)13-21(26)28-2/h3-10,19H,11-14H2,1-2H3,(H,23,27)/t19-/m0/s1. The van der Waals surface area contributed by atoms with Crippen LogP contribution in [0.3, 0.4) is 0 Å². The molecule has 0 radical (unpaired) electrons. The molecular formula is C22H24N2O6. The molecule has 1 aliphatic rings. The lowest BCUT2D eigenvalue weighted by Gasteiger charge is -2.34. The van der Waals surface area contributed by atoms with Gasteiger partial charge in [-0.05, 0) is 43.3 Å². The van der Waals surface area contributed by atoms with E-state index < -0.39 is 12.0 Å². The van der Waals surface area contributed by atoms with Gasteiger partial charge in [0.25, 0.3) is 5.91 Å².